The van der Waals surface area contributed by atoms with Crippen LogP contribution in [0.3, 0.4) is 0 Å². The number of benzene rings is 1. The van der Waals surface area contributed by atoms with E-state index in [1.54, 1.807) is 41.2 Å². The van der Waals surface area contributed by atoms with Crippen LogP contribution in [0.2, 0.25) is 0 Å². The van der Waals surface area contributed by atoms with Gasteiger partial charge in [0.2, 0.25) is 0 Å². The Morgan fingerprint density at radius 1 is 1.29 bits per heavy atom. The number of rotatable bonds is 6. The zero-order valence-electron chi connectivity index (χ0n) is 15.2. The minimum atomic E-state index is -0.503. The number of nitrogens with one attached hydrogen (secondary N) is 2. The van der Waals surface area contributed by atoms with Gasteiger partial charge >= 0.3 is 6.03 Å². The SMILES string of the molecule is Cn1cc(-c2ccc(NC(=O)NCc3cccc(OC4CC4)c3F)nn2)cn1. The largest absolute Gasteiger partial charge is 0.487 e. The van der Waals surface area contributed by atoms with Crippen LogP contribution in [0.25, 0.3) is 11.3 Å². The maximum atomic E-state index is 14.4. The Morgan fingerprint density at radius 3 is 2.82 bits per heavy atom. The highest BCUT2D eigenvalue weighted by Gasteiger charge is 2.25. The molecule has 4 rings (SSSR count). The Hall–Kier alpha value is -3.49. The first-order valence-corrected chi connectivity index (χ1v) is 8.90. The quantitative estimate of drug-likeness (QED) is 0.684. The molecule has 1 fully saturated rings. The van der Waals surface area contributed by atoms with E-state index < -0.39 is 11.8 Å². The molecule has 0 radical (unpaired) electrons. The summed E-state index contributed by atoms with van der Waals surface area (Å²) in [6.07, 6.45) is 5.50. The fourth-order valence-electron chi connectivity index (χ4n) is 2.59. The lowest BCUT2D eigenvalue weighted by molar-refractivity contribution is 0.251. The number of nitrogens with zero attached hydrogens (tertiary/aromatic N) is 4. The van der Waals surface area contributed by atoms with Gasteiger partial charge in [0.05, 0.1) is 18.0 Å². The third-order valence-corrected chi connectivity index (χ3v) is 4.21. The third kappa shape index (κ3) is 4.25. The number of hydrogen-bond acceptors (Lipinski definition) is 5. The summed E-state index contributed by atoms with van der Waals surface area (Å²) in [6, 6.07) is 7.78. The number of aryl methyl sites for hydroxylation is 1. The van der Waals surface area contributed by atoms with Gasteiger partial charge in [-0.2, -0.15) is 5.10 Å². The number of halogens is 1. The first kappa shape index (κ1) is 17.9. The van der Waals surface area contributed by atoms with Gasteiger partial charge in [-0.1, -0.05) is 12.1 Å². The Balaban J connectivity index is 1.33. The van der Waals surface area contributed by atoms with Gasteiger partial charge in [0.1, 0.15) is 0 Å². The van der Waals surface area contributed by atoms with E-state index in [2.05, 4.69) is 25.9 Å². The average molecular weight is 382 g/mol. The van der Waals surface area contributed by atoms with Crippen molar-refractivity contribution in [2.75, 3.05) is 5.32 Å². The van der Waals surface area contributed by atoms with Crippen LogP contribution in [-0.2, 0) is 13.6 Å². The molecule has 2 heterocycles. The maximum Gasteiger partial charge on any atom is 0.320 e. The number of amides is 2. The molecule has 2 aromatic heterocycles. The summed E-state index contributed by atoms with van der Waals surface area (Å²) in [5.41, 5.74) is 1.83. The highest BCUT2D eigenvalue weighted by molar-refractivity contribution is 5.88. The zero-order chi connectivity index (χ0) is 19.5. The smallest absolute Gasteiger partial charge is 0.320 e. The molecule has 2 amide bonds. The standard InChI is InChI=1S/C19H19FN6O2/c1-26-11-13(10-22-26)15-7-8-17(25-24-15)23-19(27)21-9-12-3-2-4-16(18(12)20)28-14-5-6-14/h2-4,7-8,10-11,14H,5-6,9H2,1H3,(H2,21,23,25,27). The van der Waals surface area contributed by atoms with Crippen LogP contribution < -0.4 is 15.4 Å². The summed E-state index contributed by atoms with van der Waals surface area (Å²) >= 11 is 0. The van der Waals surface area contributed by atoms with Gasteiger partial charge in [0.15, 0.2) is 17.4 Å². The van der Waals surface area contributed by atoms with Crippen LogP contribution in [0.4, 0.5) is 15.0 Å². The summed E-state index contributed by atoms with van der Waals surface area (Å²) < 4.78 is 21.6. The van der Waals surface area contributed by atoms with Crippen molar-refractivity contribution in [3.63, 3.8) is 0 Å². The highest BCUT2D eigenvalue weighted by Crippen LogP contribution is 2.29. The Kier molecular flexibility index (Phi) is 4.88. The van der Waals surface area contributed by atoms with E-state index in [1.165, 1.54) is 0 Å². The maximum absolute atomic E-state index is 14.4. The van der Waals surface area contributed by atoms with Crippen molar-refractivity contribution in [2.45, 2.75) is 25.5 Å². The molecule has 3 aromatic rings. The predicted molar refractivity (Wildman–Crippen MR) is 100 cm³/mol. The van der Waals surface area contributed by atoms with Crippen molar-refractivity contribution in [3.8, 4) is 17.0 Å². The summed E-state index contributed by atoms with van der Waals surface area (Å²) in [7, 11) is 1.81. The van der Waals surface area contributed by atoms with E-state index in [1.807, 2.05) is 13.2 Å². The molecular formula is C19H19FN6O2. The van der Waals surface area contributed by atoms with Gasteiger partial charge in [0, 0.05) is 30.9 Å². The summed E-state index contributed by atoms with van der Waals surface area (Å²) in [5, 5.41) is 17.3. The number of ether oxygens (including phenoxy) is 1. The topological polar surface area (TPSA) is 94.0 Å². The first-order valence-electron chi connectivity index (χ1n) is 8.90. The van der Waals surface area contributed by atoms with Crippen molar-refractivity contribution in [3.05, 3.63) is 54.1 Å². The molecule has 1 aromatic carbocycles. The van der Waals surface area contributed by atoms with Crippen molar-refractivity contribution < 1.29 is 13.9 Å². The van der Waals surface area contributed by atoms with Gasteiger partial charge in [-0.25, -0.2) is 9.18 Å². The molecule has 0 atom stereocenters. The lowest BCUT2D eigenvalue weighted by Crippen LogP contribution is -2.29. The van der Waals surface area contributed by atoms with E-state index >= 15 is 0 Å². The minimum Gasteiger partial charge on any atom is -0.487 e. The van der Waals surface area contributed by atoms with Crippen molar-refractivity contribution >= 4 is 11.8 Å². The Bertz CT molecular complexity index is 984. The molecule has 0 saturated heterocycles. The van der Waals surface area contributed by atoms with E-state index in [0.29, 0.717) is 11.3 Å². The average Bonchev–Trinajstić information content (AvgIpc) is 3.41. The summed E-state index contributed by atoms with van der Waals surface area (Å²) in [5.74, 6) is 0.0609. The Morgan fingerprint density at radius 2 is 2.14 bits per heavy atom. The van der Waals surface area contributed by atoms with Crippen LogP contribution in [0.5, 0.6) is 5.75 Å². The van der Waals surface area contributed by atoms with E-state index in [0.717, 1.165) is 18.4 Å². The molecule has 1 aliphatic carbocycles. The van der Waals surface area contributed by atoms with E-state index in [4.69, 9.17) is 4.74 Å². The van der Waals surface area contributed by atoms with Crippen molar-refractivity contribution in [1.29, 1.82) is 0 Å². The third-order valence-electron chi connectivity index (χ3n) is 4.21. The van der Waals surface area contributed by atoms with Crippen molar-refractivity contribution in [1.82, 2.24) is 25.3 Å². The number of carbonyl (C=O) groups excluding carboxylic acids is 1. The van der Waals surface area contributed by atoms with Crippen LogP contribution in [0, 0.1) is 5.82 Å². The van der Waals surface area contributed by atoms with Gasteiger partial charge in [0.25, 0.3) is 0 Å². The molecule has 0 unspecified atom stereocenters. The molecule has 1 aliphatic rings. The number of aromatic nitrogens is 4. The van der Waals surface area contributed by atoms with Crippen LogP contribution in [-0.4, -0.2) is 32.1 Å². The normalized spacial score (nSPS) is 13.2. The Labute approximate surface area is 160 Å². The van der Waals surface area contributed by atoms with Gasteiger partial charge in [-0.15, -0.1) is 10.2 Å². The lowest BCUT2D eigenvalue weighted by atomic mass is 10.2. The molecule has 2 N–H and O–H groups in total. The molecule has 0 bridgehead atoms. The number of hydrogen-bond donors (Lipinski definition) is 2. The van der Waals surface area contributed by atoms with Gasteiger partial charge in [-0.05, 0) is 31.0 Å². The second-order valence-corrected chi connectivity index (χ2v) is 6.56. The monoisotopic (exact) mass is 382 g/mol. The first-order chi connectivity index (χ1) is 13.6. The van der Waals surface area contributed by atoms with E-state index in [9.17, 15) is 9.18 Å². The molecule has 0 aliphatic heterocycles. The minimum absolute atomic E-state index is 0.0285. The molecular weight excluding hydrogens is 363 g/mol. The number of anilines is 1. The fourth-order valence-corrected chi connectivity index (χ4v) is 2.59. The molecule has 1 saturated carbocycles. The van der Waals surface area contributed by atoms with Crippen LogP contribution in [0.15, 0.2) is 42.7 Å². The number of urea groups is 1. The van der Waals surface area contributed by atoms with Crippen LogP contribution in [0.1, 0.15) is 18.4 Å². The lowest BCUT2D eigenvalue weighted by Gasteiger charge is -2.11. The molecule has 9 heteroatoms. The van der Waals surface area contributed by atoms with Crippen molar-refractivity contribution in [2.24, 2.45) is 7.05 Å². The highest BCUT2D eigenvalue weighted by atomic mass is 19.1. The zero-order valence-corrected chi connectivity index (χ0v) is 15.2. The van der Waals surface area contributed by atoms with Gasteiger partial charge in [-0.3, -0.25) is 10.00 Å². The summed E-state index contributed by atoms with van der Waals surface area (Å²) in [4.78, 5) is 12.1. The fraction of sp³-hybridized carbons (Fsp3) is 0.263. The second kappa shape index (κ2) is 7.63. The number of carbonyl (C=O) groups is 1. The molecule has 8 nitrogen and oxygen atoms in total. The summed E-state index contributed by atoms with van der Waals surface area (Å²) in [6.45, 7) is 0.0285. The van der Waals surface area contributed by atoms with Crippen LogP contribution >= 0.6 is 0 Å². The molecule has 28 heavy (non-hydrogen) atoms. The van der Waals surface area contributed by atoms with E-state index in [-0.39, 0.29) is 24.2 Å². The predicted octanol–water partition coefficient (Wildman–Crippen LogP) is 2.88. The second-order valence-electron chi connectivity index (χ2n) is 6.56. The molecule has 144 valence electrons. The van der Waals surface area contributed by atoms with Gasteiger partial charge < -0.3 is 10.1 Å². The molecule has 0 spiro atoms.